The molecular weight excluding hydrogens is 336 g/mol. The topological polar surface area (TPSA) is 38.0 Å². The fraction of sp³-hybridized carbons (Fsp3) is 0.417. The van der Waals surface area contributed by atoms with Crippen molar-refractivity contribution in [1.29, 1.82) is 0 Å². The lowest BCUT2D eigenvalue weighted by molar-refractivity contribution is 0.176. The summed E-state index contributed by atoms with van der Waals surface area (Å²) in [5.41, 5.74) is 2.61. The Hall–Kier alpha value is -0.360. The van der Waals surface area contributed by atoms with Crippen LogP contribution in [0.5, 0.6) is 0 Å². The van der Waals surface area contributed by atoms with Crippen molar-refractivity contribution in [1.82, 2.24) is 9.78 Å². The Bertz CT molecular complexity index is 552. The van der Waals surface area contributed by atoms with E-state index >= 15 is 0 Å². The molecule has 0 bridgehead atoms. The second-order valence-electron chi connectivity index (χ2n) is 4.07. The zero-order valence-corrected chi connectivity index (χ0v) is 13.3. The average Bonchev–Trinajstić information content (AvgIpc) is 2.88. The number of aryl methyl sites for hydroxylation is 2. The van der Waals surface area contributed by atoms with E-state index in [0.29, 0.717) is 11.4 Å². The van der Waals surface area contributed by atoms with Crippen LogP contribution >= 0.6 is 38.9 Å². The standard InChI is InChI=1S/C12H14BrClN2OS/c1-3-16-9(12(14)7(2)15-16)5-10(17)8-4-11(13)18-6-8/h4,6,10,17H,3,5H2,1-2H3. The Morgan fingerprint density at radius 2 is 2.33 bits per heavy atom. The highest BCUT2D eigenvalue weighted by Gasteiger charge is 2.18. The summed E-state index contributed by atoms with van der Waals surface area (Å²) in [5, 5.41) is 17.2. The highest BCUT2D eigenvalue weighted by molar-refractivity contribution is 9.11. The van der Waals surface area contributed by atoms with Gasteiger partial charge in [-0.2, -0.15) is 5.10 Å². The molecule has 0 aliphatic carbocycles. The third-order valence-electron chi connectivity index (χ3n) is 2.81. The molecule has 18 heavy (non-hydrogen) atoms. The molecule has 2 aromatic heterocycles. The first-order chi connectivity index (χ1) is 8.52. The molecule has 0 saturated heterocycles. The fourth-order valence-corrected chi connectivity index (χ4v) is 3.30. The number of nitrogens with zero attached hydrogens (tertiary/aromatic N) is 2. The Balaban J connectivity index is 2.23. The molecule has 0 spiro atoms. The monoisotopic (exact) mass is 348 g/mol. The van der Waals surface area contributed by atoms with Crippen molar-refractivity contribution >= 4 is 38.9 Å². The minimum atomic E-state index is -0.550. The lowest BCUT2D eigenvalue weighted by Crippen LogP contribution is -2.08. The molecule has 0 aliphatic heterocycles. The van der Waals surface area contributed by atoms with E-state index in [0.717, 1.165) is 27.3 Å². The van der Waals surface area contributed by atoms with Gasteiger partial charge >= 0.3 is 0 Å². The Morgan fingerprint density at radius 3 is 2.89 bits per heavy atom. The number of aliphatic hydroxyl groups excluding tert-OH is 1. The molecule has 0 saturated carbocycles. The van der Waals surface area contributed by atoms with Gasteiger partial charge in [0.15, 0.2) is 0 Å². The van der Waals surface area contributed by atoms with Crippen molar-refractivity contribution in [3.05, 3.63) is 37.2 Å². The van der Waals surface area contributed by atoms with Crippen molar-refractivity contribution in [2.75, 3.05) is 0 Å². The van der Waals surface area contributed by atoms with Gasteiger partial charge in [-0.25, -0.2) is 0 Å². The normalized spacial score (nSPS) is 12.9. The van der Waals surface area contributed by atoms with E-state index in [1.165, 1.54) is 0 Å². The Morgan fingerprint density at radius 1 is 1.61 bits per heavy atom. The van der Waals surface area contributed by atoms with E-state index in [2.05, 4.69) is 21.0 Å². The zero-order chi connectivity index (χ0) is 13.3. The number of halogens is 2. The number of rotatable bonds is 4. The first kappa shape index (κ1) is 14.1. The molecule has 0 radical (unpaired) electrons. The molecule has 3 nitrogen and oxygen atoms in total. The molecule has 0 aromatic carbocycles. The molecule has 1 N–H and O–H groups in total. The van der Waals surface area contributed by atoms with Gasteiger partial charge in [0.05, 0.1) is 26.3 Å². The maximum absolute atomic E-state index is 10.2. The quantitative estimate of drug-likeness (QED) is 0.907. The predicted molar refractivity (Wildman–Crippen MR) is 78.3 cm³/mol. The van der Waals surface area contributed by atoms with Crippen LogP contribution in [0.15, 0.2) is 15.2 Å². The average molecular weight is 350 g/mol. The van der Waals surface area contributed by atoms with Crippen LogP contribution in [0.2, 0.25) is 5.02 Å². The third kappa shape index (κ3) is 2.79. The minimum absolute atomic E-state index is 0.483. The van der Waals surface area contributed by atoms with Crippen molar-refractivity contribution < 1.29 is 5.11 Å². The Kier molecular flexibility index (Phi) is 4.48. The maximum atomic E-state index is 10.2. The van der Waals surface area contributed by atoms with Crippen LogP contribution in [0, 0.1) is 6.92 Å². The number of aliphatic hydroxyl groups is 1. The molecule has 0 aliphatic rings. The van der Waals surface area contributed by atoms with Crippen LogP contribution < -0.4 is 0 Å². The SMILES string of the molecule is CCn1nc(C)c(Cl)c1CC(O)c1csc(Br)c1. The maximum Gasteiger partial charge on any atom is 0.0854 e. The first-order valence-corrected chi connectivity index (χ1v) is 7.71. The summed E-state index contributed by atoms with van der Waals surface area (Å²) in [6.07, 6.45) is -0.0668. The highest BCUT2D eigenvalue weighted by Crippen LogP contribution is 2.30. The first-order valence-electron chi connectivity index (χ1n) is 5.66. The molecule has 0 fully saturated rings. The smallest absolute Gasteiger partial charge is 0.0854 e. The van der Waals surface area contributed by atoms with Crippen molar-refractivity contribution in [2.45, 2.75) is 32.9 Å². The van der Waals surface area contributed by atoms with Crippen LogP contribution in [0.4, 0.5) is 0 Å². The van der Waals surface area contributed by atoms with E-state index in [1.54, 1.807) is 11.3 Å². The van der Waals surface area contributed by atoms with Gasteiger partial charge in [0.2, 0.25) is 0 Å². The summed E-state index contributed by atoms with van der Waals surface area (Å²) in [6, 6.07) is 1.93. The highest BCUT2D eigenvalue weighted by atomic mass is 79.9. The van der Waals surface area contributed by atoms with Gasteiger partial charge in [-0.15, -0.1) is 11.3 Å². The number of aromatic nitrogens is 2. The van der Waals surface area contributed by atoms with Gasteiger partial charge in [0, 0.05) is 13.0 Å². The summed E-state index contributed by atoms with van der Waals surface area (Å²) < 4.78 is 2.87. The zero-order valence-electron chi connectivity index (χ0n) is 10.2. The predicted octanol–water partition coefficient (Wildman–Crippen LogP) is 3.96. The minimum Gasteiger partial charge on any atom is -0.388 e. The lowest BCUT2D eigenvalue weighted by Gasteiger charge is -2.10. The summed E-state index contributed by atoms with van der Waals surface area (Å²) >= 11 is 11.2. The molecule has 0 amide bonds. The van der Waals surface area contributed by atoms with Crippen LogP contribution in [0.25, 0.3) is 0 Å². The molecule has 2 heterocycles. The molecule has 98 valence electrons. The summed E-state index contributed by atoms with van der Waals surface area (Å²) in [7, 11) is 0. The molecule has 6 heteroatoms. The van der Waals surface area contributed by atoms with E-state index < -0.39 is 6.10 Å². The van der Waals surface area contributed by atoms with E-state index in [9.17, 15) is 5.11 Å². The summed E-state index contributed by atoms with van der Waals surface area (Å²) in [4.78, 5) is 0. The van der Waals surface area contributed by atoms with Crippen LogP contribution in [0.3, 0.4) is 0 Å². The molecule has 1 atom stereocenters. The van der Waals surface area contributed by atoms with Gasteiger partial charge in [-0.3, -0.25) is 4.68 Å². The van der Waals surface area contributed by atoms with E-state index in [-0.39, 0.29) is 0 Å². The van der Waals surface area contributed by atoms with Gasteiger partial charge in [0.1, 0.15) is 0 Å². The lowest BCUT2D eigenvalue weighted by atomic mass is 10.1. The fourth-order valence-electron chi connectivity index (χ4n) is 1.86. The second-order valence-corrected chi connectivity index (χ2v) is 6.73. The van der Waals surface area contributed by atoms with E-state index in [4.69, 9.17) is 11.6 Å². The molecule has 2 aromatic rings. The molecule has 2 rings (SSSR count). The number of hydrogen-bond acceptors (Lipinski definition) is 3. The second kappa shape index (κ2) is 5.74. The van der Waals surface area contributed by atoms with Crippen molar-refractivity contribution in [2.24, 2.45) is 0 Å². The van der Waals surface area contributed by atoms with Crippen molar-refractivity contribution in [3.8, 4) is 0 Å². The van der Waals surface area contributed by atoms with Gasteiger partial charge in [-0.05, 0) is 46.8 Å². The van der Waals surface area contributed by atoms with Gasteiger partial charge in [-0.1, -0.05) is 11.6 Å². The Labute approximate surface area is 124 Å². The van der Waals surface area contributed by atoms with Crippen molar-refractivity contribution in [3.63, 3.8) is 0 Å². The third-order valence-corrected chi connectivity index (χ3v) is 4.83. The summed E-state index contributed by atoms with van der Waals surface area (Å²) in [6.45, 7) is 4.65. The van der Waals surface area contributed by atoms with E-state index in [1.807, 2.05) is 30.0 Å². The van der Waals surface area contributed by atoms with Gasteiger partial charge in [0.25, 0.3) is 0 Å². The molecular formula is C12H14BrClN2OS. The summed E-state index contributed by atoms with van der Waals surface area (Å²) in [5.74, 6) is 0. The van der Waals surface area contributed by atoms with Crippen LogP contribution in [0.1, 0.15) is 30.0 Å². The number of thiophene rings is 1. The van der Waals surface area contributed by atoms with Crippen LogP contribution in [-0.2, 0) is 13.0 Å². The molecule has 1 unspecified atom stereocenters. The van der Waals surface area contributed by atoms with Crippen LogP contribution in [-0.4, -0.2) is 14.9 Å². The largest absolute Gasteiger partial charge is 0.388 e. The number of hydrogen-bond donors (Lipinski definition) is 1. The van der Waals surface area contributed by atoms with Gasteiger partial charge < -0.3 is 5.11 Å².